The summed E-state index contributed by atoms with van der Waals surface area (Å²) in [5, 5.41) is 3.57. The normalized spacial score (nSPS) is 26.2. The molecule has 122 valence electrons. The highest BCUT2D eigenvalue weighted by molar-refractivity contribution is 5.85. The lowest BCUT2D eigenvalue weighted by molar-refractivity contribution is -0.134. The van der Waals surface area contributed by atoms with Crippen molar-refractivity contribution >= 4 is 18.3 Å². The second-order valence-electron chi connectivity index (χ2n) is 6.01. The van der Waals surface area contributed by atoms with Crippen LogP contribution in [0.5, 0.6) is 5.75 Å². The van der Waals surface area contributed by atoms with E-state index in [4.69, 9.17) is 4.74 Å². The first kappa shape index (κ1) is 17.0. The molecule has 2 heterocycles. The number of hydrogen-bond donors (Lipinski definition) is 1. The van der Waals surface area contributed by atoms with Crippen LogP contribution in [0.25, 0.3) is 0 Å². The lowest BCUT2D eigenvalue weighted by Crippen LogP contribution is -2.49. The third kappa shape index (κ3) is 3.90. The Morgan fingerprint density at radius 2 is 1.86 bits per heavy atom. The Balaban J connectivity index is 0.00000176. The first-order chi connectivity index (χ1) is 10.1. The molecule has 6 heteroatoms. The average Bonchev–Trinajstić information content (AvgIpc) is 2.84. The molecule has 22 heavy (non-hydrogen) atoms. The molecule has 0 radical (unpaired) electrons. The third-order valence-electron chi connectivity index (χ3n) is 4.57. The number of nitrogens with one attached hydrogen (secondary N) is 1. The topological polar surface area (TPSA) is 41.6 Å². The molecule has 1 N–H and O–H groups in total. The minimum absolute atomic E-state index is 0. The van der Waals surface area contributed by atoms with Gasteiger partial charge in [-0.15, -0.1) is 12.4 Å². The van der Waals surface area contributed by atoms with Gasteiger partial charge in [-0.3, -0.25) is 4.79 Å². The van der Waals surface area contributed by atoms with Crippen LogP contribution in [0.4, 0.5) is 4.39 Å². The van der Waals surface area contributed by atoms with Crippen molar-refractivity contribution in [2.75, 3.05) is 13.7 Å². The number of nitrogens with zero attached hydrogens (tertiary/aromatic N) is 1. The second-order valence-corrected chi connectivity index (χ2v) is 6.01. The van der Waals surface area contributed by atoms with Crippen LogP contribution in [0.1, 0.15) is 25.7 Å². The number of rotatable bonds is 4. The number of carbonyl (C=O) groups excluding carboxylic acids is 1. The molecule has 2 unspecified atom stereocenters. The first-order valence-corrected chi connectivity index (χ1v) is 7.52. The number of amides is 1. The first-order valence-electron chi connectivity index (χ1n) is 7.52. The van der Waals surface area contributed by atoms with Gasteiger partial charge in [0.15, 0.2) is 6.61 Å². The van der Waals surface area contributed by atoms with Crippen LogP contribution < -0.4 is 10.1 Å². The number of fused-ring (bicyclic) bond motifs is 2. The van der Waals surface area contributed by atoms with E-state index in [1.807, 2.05) is 11.9 Å². The maximum atomic E-state index is 12.8. The van der Waals surface area contributed by atoms with Crippen molar-refractivity contribution in [1.82, 2.24) is 10.2 Å². The van der Waals surface area contributed by atoms with Gasteiger partial charge in [0.2, 0.25) is 0 Å². The summed E-state index contributed by atoms with van der Waals surface area (Å²) in [4.78, 5) is 14.0. The van der Waals surface area contributed by atoms with Crippen LogP contribution in [0, 0.1) is 5.82 Å². The lowest BCUT2D eigenvalue weighted by Gasteiger charge is -2.35. The highest BCUT2D eigenvalue weighted by Crippen LogP contribution is 2.29. The zero-order chi connectivity index (χ0) is 14.8. The van der Waals surface area contributed by atoms with E-state index in [1.54, 1.807) is 0 Å². The van der Waals surface area contributed by atoms with Crippen LogP contribution in [0.3, 0.4) is 0 Å². The molecule has 4 nitrogen and oxygen atoms in total. The Bertz CT molecular complexity index is 499. The summed E-state index contributed by atoms with van der Waals surface area (Å²) in [6.45, 7) is 0.00138. The molecule has 3 rings (SSSR count). The maximum absolute atomic E-state index is 12.8. The fourth-order valence-corrected chi connectivity index (χ4v) is 3.32. The van der Waals surface area contributed by atoms with Crippen LogP contribution in [-0.2, 0) is 4.79 Å². The third-order valence-corrected chi connectivity index (χ3v) is 4.57. The van der Waals surface area contributed by atoms with Crippen LogP contribution >= 0.6 is 12.4 Å². The number of halogens is 2. The molecule has 2 bridgehead atoms. The highest BCUT2D eigenvalue weighted by atomic mass is 35.5. The number of likely N-dealkylation sites (N-methyl/N-ethyl adjacent to an activating group) is 1. The monoisotopic (exact) mass is 328 g/mol. The van der Waals surface area contributed by atoms with Gasteiger partial charge in [0.05, 0.1) is 0 Å². The molecular weight excluding hydrogens is 307 g/mol. The van der Waals surface area contributed by atoms with Gasteiger partial charge >= 0.3 is 0 Å². The van der Waals surface area contributed by atoms with Crippen molar-refractivity contribution in [3.8, 4) is 5.75 Å². The molecule has 0 aromatic heterocycles. The molecule has 0 saturated carbocycles. The lowest BCUT2D eigenvalue weighted by atomic mass is 9.98. The molecule has 2 aliphatic heterocycles. The van der Waals surface area contributed by atoms with E-state index in [9.17, 15) is 9.18 Å². The molecule has 2 fully saturated rings. The molecule has 1 aromatic rings. The molecule has 2 aliphatic rings. The number of hydrogen-bond acceptors (Lipinski definition) is 3. The molecule has 1 amide bonds. The van der Waals surface area contributed by atoms with E-state index in [0.717, 1.165) is 12.8 Å². The summed E-state index contributed by atoms with van der Waals surface area (Å²) in [7, 11) is 1.85. The SMILES string of the molecule is CN(C(=O)COc1ccc(F)cc1)C1CC2CCC(C1)N2.Cl. The van der Waals surface area contributed by atoms with Crippen LogP contribution in [-0.4, -0.2) is 42.6 Å². The number of benzene rings is 1. The van der Waals surface area contributed by atoms with Gasteiger partial charge in [-0.25, -0.2) is 4.39 Å². The van der Waals surface area contributed by atoms with E-state index in [2.05, 4.69) is 5.32 Å². The van der Waals surface area contributed by atoms with Gasteiger partial charge in [0.25, 0.3) is 5.91 Å². The van der Waals surface area contributed by atoms with E-state index >= 15 is 0 Å². The summed E-state index contributed by atoms with van der Waals surface area (Å²) < 4.78 is 18.2. The van der Waals surface area contributed by atoms with Crippen molar-refractivity contribution in [1.29, 1.82) is 0 Å². The number of ether oxygens (including phenoxy) is 1. The Morgan fingerprint density at radius 1 is 1.27 bits per heavy atom. The largest absolute Gasteiger partial charge is 0.484 e. The van der Waals surface area contributed by atoms with E-state index in [0.29, 0.717) is 23.9 Å². The molecule has 2 saturated heterocycles. The predicted octanol–water partition coefficient (Wildman–Crippen LogP) is 2.37. The Hall–Kier alpha value is -1.33. The molecule has 2 atom stereocenters. The van der Waals surface area contributed by atoms with Gasteiger partial charge < -0.3 is 15.0 Å². The minimum Gasteiger partial charge on any atom is -0.484 e. The summed E-state index contributed by atoms with van der Waals surface area (Å²) in [6, 6.07) is 7.14. The maximum Gasteiger partial charge on any atom is 0.260 e. The van der Waals surface area contributed by atoms with Crippen LogP contribution in [0.15, 0.2) is 24.3 Å². The number of carbonyl (C=O) groups is 1. The van der Waals surface area contributed by atoms with Gasteiger partial charge in [0.1, 0.15) is 11.6 Å². The fourth-order valence-electron chi connectivity index (χ4n) is 3.32. The van der Waals surface area contributed by atoms with Gasteiger partial charge in [-0.2, -0.15) is 0 Å². The Labute approximate surface area is 136 Å². The van der Waals surface area contributed by atoms with Crippen molar-refractivity contribution < 1.29 is 13.9 Å². The van der Waals surface area contributed by atoms with Crippen molar-refractivity contribution in [3.63, 3.8) is 0 Å². The summed E-state index contributed by atoms with van der Waals surface area (Å²) in [5.74, 6) is 0.185. The smallest absolute Gasteiger partial charge is 0.260 e. The number of piperidine rings is 1. The van der Waals surface area contributed by atoms with E-state index in [-0.39, 0.29) is 30.7 Å². The zero-order valence-electron chi connectivity index (χ0n) is 12.6. The average molecular weight is 329 g/mol. The second kappa shape index (κ2) is 7.29. The van der Waals surface area contributed by atoms with E-state index in [1.165, 1.54) is 37.1 Å². The molecular formula is C16H22ClFN2O2. The van der Waals surface area contributed by atoms with Gasteiger partial charge in [0, 0.05) is 25.2 Å². The predicted molar refractivity (Wildman–Crippen MR) is 84.9 cm³/mol. The highest BCUT2D eigenvalue weighted by Gasteiger charge is 2.36. The van der Waals surface area contributed by atoms with Gasteiger partial charge in [-0.1, -0.05) is 0 Å². The molecule has 0 aliphatic carbocycles. The van der Waals surface area contributed by atoms with Crippen molar-refractivity contribution in [2.45, 2.75) is 43.8 Å². The standard InChI is InChI=1S/C16H21FN2O2.ClH/c1-19(14-8-12-4-5-13(9-14)18-12)16(20)10-21-15-6-2-11(17)3-7-15;/h2-3,6-7,12-14,18H,4-5,8-10H2,1H3;1H. The fraction of sp³-hybridized carbons (Fsp3) is 0.562. The van der Waals surface area contributed by atoms with Gasteiger partial charge in [-0.05, 0) is 49.9 Å². The van der Waals surface area contributed by atoms with Crippen LogP contribution in [0.2, 0.25) is 0 Å². The zero-order valence-corrected chi connectivity index (χ0v) is 13.4. The van der Waals surface area contributed by atoms with Crippen molar-refractivity contribution in [2.24, 2.45) is 0 Å². The summed E-state index contributed by atoms with van der Waals surface area (Å²) in [6.07, 6.45) is 4.48. The molecule has 1 aromatic carbocycles. The summed E-state index contributed by atoms with van der Waals surface area (Å²) in [5.41, 5.74) is 0. The van der Waals surface area contributed by atoms with Crippen molar-refractivity contribution in [3.05, 3.63) is 30.1 Å². The Morgan fingerprint density at radius 3 is 2.45 bits per heavy atom. The van der Waals surface area contributed by atoms with E-state index < -0.39 is 0 Å². The Kier molecular flexibility index (Phi) is 5.64. The summed E-state index contributed by atoms with van der Waals surface area (Å²) >= 11 is 0. The quantitative estimate of drug-likeness (QED) is 0.922. The molecule has 0 spiro atoms. The minimum atomic E-state index is -0.309.